The second kappa shape index (κ2) is 8.62. The van der Waals surface area contributed by atoms with Gasteiger partial charge < -0.3 is 10.1 Å². The number of carbonyl (C=O) groups excluding carboxylic acids is 3. The van der Waals surface area contributed by atoms with Gasteiger partial charge in [0, 0.05) is 22.2 Å². The molecule has 0 aromatic heterocycles. The van der Waals surface area contributed by atoms with Gasteiger partial charge in [0.1, 0.15) is 0 Å². The predicted octanol–water partition coefficient (Wildman–Crippen LogP) is 4.27. The fourth-order valence-electron chi connectivity index (χ4n) is 2.49. The van der Waals surface area contributed by atoms with Gasteiger partial charge in [-0.3, -0.25) is 14.4 Å². The molecule has 1 amide bonds. The number of hydrogen-bond donors (Lipinski definition) is 1. The second-order valence-electron chi connectivity index (χ2n) is 7.29. The minimum absolute atomic E-state index is 0.0339. The number of rotatable bonds is 6. The van der Waals surface area contributed by atoms with E-state index in [9.17, 15) is 14.4 Å². The average molecular weight is 367 g/mol. The van der Waals surface area contributed by atoms with Crippen LogP contribution >= 0.6 is 0 Å². The molecule has 1 N–H and O–H groups in total. The molecule has 2 aromatic carbocycles. The maximum Gasteiger partial charge on any atom is 0.310 e. The highest BCUT2D eigenvalue weighted by Gasteiger charge is 2.22. The summed E-state index contributed by atoms with van der Waals surface area (Å²) in [5.41, 5.74) is 2.03. The molecular formula is C22H25NO4. The van der Waals surface area contributed by atoms with Crippen molar-refractivity contribution in [3.63, 3.8) is 0 Å². The lowest BCUT2D eigenvalue weighted by molar-refractivity contribution is -0.142. The highest BCUT2D eigenvalue weighted by Crippen LogP contribution is 2.21. The summed E-state index contributed by atoms with van der Waals surface area (Å²) >= 11 is 0. The van der Waals surface area contributed by atoms with Crippen molar-refractivity contribution in [2.24, 2.45) is 5.41 Å². The Balaban J connectivity index is 2.00. The number of carbonyl (C=O) groups is 3. The van der Waals surface area contributed by atoms with Crippen molar-refractivity contribution < 1.29 is 19.1 Å². The van der Waals surface area contributed by atoms with Crippen molar-refractivity contribution in [2.75, 3.05) is 11.9 Å². The van der Waals surface area contributed by atoms with Gasteiger partial charge in [-0.1, -0.05) is 45.0 Å². The highest BCUT2D eigenvalue weighted by atomic mass is 16.5. The molecule has 0 saturated carbocycles. The van der Waals surface area contributed by atoms with E-state index >= 15 is 0 Å². The molecule has 2 aromatic rings. The van der Waals surface area contributed by atoms with Crippen LogP contribution in [0.4, 0.5) is 5.69 Å². The maximum atomic E-state index is 12.4. The fraction of sp³-hybridized carbons (Fsp3) is 0.318. The number of nitrogens with one attached hydrogen (secondary N) is 1. The number of Topliss-reactive ketones (excluding diaryl/α,β-unsaturated/α-hetero) is 1. The number of amides is 1. The van der Waals surface area contributed by atoms with Crippen molar-refractivity contribution in [1.29, 1.82) is 0 Å². The summed E-state index contributed by atoms with van der Waals surface area (Å²) in [6.07, 6.45) is 0.200. The summed E-state index contributed by atoms with van der Waals surface area (Å²) in [6.45, 7) is 7.71. The van der Waals surface area contributed by atoms with Gasteiger partial charge in [-0.2, -0.15) is 0 Å². The Hall–Kier alpha value is -2.95. The normalized spacial score (nSPS) is 11.0. The number of hydrogen-bond acceptors (Lipinski definition) is 4. The first-order valence-corrected chi connectivity index (χ1v) is 8.91. The third-order valence-electron chi connectivity index (χ3n) is 3.96. The molecule has 0 heterocycles. The summed E-state index contributed by atoms with van der Waals surface area (Å²) < 4.78 is 4.91. The third-order valence-corrected chi connectivity index (χ3v) is 3.96. The van der Waals surface area contributed by atoms with Crippen LogP contribution in [0.5, 0.6) is 0 Å². The molecule has 0 aliphatic heterocycles. The third kappa shape index (κ3) is 5.78. The molecule has 5 heteroatoms. The lowest BCUT2D eigenvalue weighted by Crippen LogP contribution is -2.20. The first-order valence-electron chi connectivity index (χ1n) is 8.91. The van der Waals surface area contributed by atoms with Crippen molar-refractivity contribution in [2.45, 2.75) is 34.1 Å². The maximum absolute atomic E-state index is 12.4. The van der Waals surface area contributed by atoms with E-state index < -0.39 is 5.41 Å². The van der Waals surface area contributed by atoms with E-state index in [1.807, 2.05) is 20.8 Å². The van der Waals surface area contributed by atoms with Crippen molar-refractivity contribution in [3.05, 3.63) is 65.2 Å². The van der Waals surface area contributed by atoms with Crippen LogP contribution in [-0.4, -0.2) is 24.3 Å². The Kier molecular flexibility index (Phi) is 6.50. The Morgan fingerprint density at radius 3 is 1.96 bits per heavy atom. The quantitative estimate of drug-likeness (QED) is 0.611. The van der Waals surface area contributed by atoms with E-state index in [-0.39, 0.29) is 24.1 Å². The lowest BCUT2D eigenvalue weighted by Gasteiger charge is -2.16. The van der Waals surface area contributed by atoms with E-state index in [1.54, 1.807) is 55.5 Å². The summed E-state index contributed by atoms with van der Waals surface area (Å²) in [7, 11) is 0. The molecule has 0 aliphatic rings. The number of ketones is 1. The molecular weight excluding hydrogens is 342 g/mol. The Bertz CT molecular complexity index is 815. The summed E-state index contributed by atoms with van der Waals surface area (Å²) in [5, 5.41) is 2.80. The van der Waals surface area contributed by atoms with Gasteiger partial charge in [-0.15, -0.1) is 0 Å². The lowest BCUT2D eigenvalue weighted by atomic mass is 9.86. The minimum Gasteiger partial charge on any atom is -0.466 e. The van der Waals surface area contributed by atoms with Crippen LogP contribution in [0.1, 0.15) is 54.0 Å². The predicted molar refractivity (Wildman–Crippen MR) is 105 cm³/mol. The fourth-order valence-corrected chi connectivity index (χ4v) is 2.49. The standard InChI is InChI=1S/C22H25NO4/c1-5-27-19(24)14-15-6-12-18(13-7-15)23-21(26)17-10-8-16(9-11-17)20(25)22(2,3)4/h6-13H,5,14H2,1-4H3,(H,23,26). The van der Waals surface area contributed by atoms with Crippen LogP contribution in [0.25, 0.3) is 0 Å². The first kappa shape index (κ1) is 20.4. The van der Waals surface area contributed by atoms with Gasteiger partial charge in [-0.05, 0) is 36.8 Å². The molecule has 0 saturated heterocycles. The zero-order chi connectivity index (χ0) is 20.0. The first-order chi connectivity index (χ1) is 12.7. The smallest absolute Gasteiger partial charge is 0.310 e. The number of benzene rings is 2. The van der Waals surface area contributed by atoms with Crippen LogP contribution in [-0.2, 0) is 16.0 Å². The SMILES string of the molecule is CCOC(=O)Cc1ccc(NC(=O)c2ccc(C(=O)C(C)(C)C)cc2)cc1. The van der Waals surface area contributed by atoms with E-state index in [1.165, 1.54) is 0 Å². The number of esters is 1. The molecule has 0 spiro atoms. The highest BCUT2D eigenvalue weighted by molar-refractivity contribution is 6.05. The molecule has 0 atom stereocenters. The van der Waals surface area contributed by atoms with Gasteiger partial charge in [-0.25, -0.2) is 0 Å². The van der Waals surface area contributed by atoms with Crippen LogP contribution in [0.15, 0.2) is 48.5 Å². The van der Waals surface area contributed by atoms with Crippen molar-refractivity contribution >= 4 is 23.3 Å². The van der Waals surface area contributed by atoms with Crippen LogP contribution < -0.4 is 5.32 Å². The zero-order valence-electron chi connectivity index (χ0n) is 16.2. The molecule has 142 valence electrons. The largest absolute Gasteiger partial charge is 0.466 e. The summed E-state index contributed by atoms with van der Waals surface area (Å²) in [5.74, 6) is -0.506. The molecule has 0 bridgehead atoms. The zero-order valence-corrected chi connectivity index (χ0v) is 16.2. The molecule has 0 fully saturated rings. The minimum atomic E-state index is -0.463. The summed E-state index contributed by atoms with van der Waals surface area (Å²) in [6, 6.07) is 13.7. The van der Waals surface area contributed by atoms with Gasteiger partial charge in [0.15, 0.2) is 5.78 Å². The van der Waals surface area contributed by atoms with Crippen LogP contribution in [0.3, 0.4) is 0 Å². The van der Waals surface area contributed by atoms with E-state index in [4.69, 9.17) is 4.74 Å². The van der Waals surface area contributed by atoms with Crippen LogP contribution in [0, 0.1) is 5.41 Å². The van der Waals surface area contributed by atoms with Gasteiger partial charge in [0.05, 0.1) is 13.0 Å². The number of anilines is 1. The number of ether oxygens (including phenoxy) is 1. The topological polar surface area (TPSA) is 72.5 Å². The molecule has 0 aliphatic carbocycles. The molecule has 0 radical (unpaired) electrons. The van der Waals surface area contributed by atoms with Crippen molar-refractivity contribution in [1.82, 2.24) is 0 Å². The van der Waals surface area contributed by atoms with E-state index in [0.29, 0.717) is 23.4 Å². The van der Waals surface area contributed by atoms with Gasteiger partial charge >= 0.3 is 5.97 Å². The Morgan fingerprint density at radius 1 is 0.889 bits per heavy atom. The summed E-state index contributed by atoms with van der Waals surface area (Å²) in [4.78, 5) is 36.1. The van der Waals surface area contributed by atoms with Crippen molar-refractivity contribution in [3.8, 4) is 0 Å². The molecule has 0 unspecified atom stereocenters. The van der Waals surface area contributed by atoms with Gasteiger partial charge in [0.2, 0.25) is 0 Å². The monoisotopic (exact) mass is 367 g/mol. The average Bonchev–Trinajstić information content (AvgIpc) is 2.62. The van der Waals surface area contributed by atoms with E-state index in [2.05, 4.69) is 5.32 Å². The Morgan fingerprint density at radius 2 is 1.44 bits per heavy atom. The van der Waals surface area contributed by atoms with Crippen LogP contribution in [0.2, 0.25) is 0 Å². The Labute approximate surface area is 159 Å². The molecule has 2 rings (SSSR count). The molecule has 27 heavy (non-hydrogen) atoms. The second-order valence-corrected chi connectivity index (χ2v) is 7.29. The molecule has 5 nitrogen and oxygen atoms in total. The van der Waals surface area contributed by atoms with E-state index in [0.717, 1.165) is 5.56 Å². The van der Waals surface area contributed by atoms with Gasteiger partial charge in [0.25, 0.3) is 5.91 Å².